The summed E-state index contributed by atoms with van der Waals surface area (Å²) in [7, 11) is 0. The zero-order chi connectivity index (χ0) is 17.0. The van der Waals surface area contributed by atoms with Gasteiger partial charge in [-0.05, 0) is 38.0 Å². The lowest BCUT2D eigenvalue weighted by Crippen LogP contribution is -2.52. The molecule has 0 aromatic rings. The first-order chi connectivity index (χ1) is 10.8. The summed E-state index contributed by atoms with van der Waals surface area (Å²) in [4.78, 5) is 27.5. The number of carbonyl (C=O) groups is 2. The van der Waals surface area contributed by atoms with Crippen molar-refractivity contribution in [3.05, 3.63) is 0 Å². The zero-order valence-corrected chi connectivity index (χ0v) is 14.6. The van der Waals surface area contributed by atoms with Gasteiger partial charge in [0.15, 0.2) is 0 Å². The lowest BCUT2D eigenvalue weighted by molar-refractivity contribution is -0.143. The van der Waals surface area contributed by atoms with Crippen LogP contribution in [0, 0.1) is 17.8 Å². The van der Waals surface area contributed by atoms with Gasteiger partial charge in [0.1, 0.15) is 0 Å². The number of nitrogens with one attached hydrogen (secondary N) is 1. The van der Waals surface area contributed by atoms with E-state index in [-0.39, 0.29) is 12.1 Å². The highest BCUT2D eigenvalue weighted by Crippen LogP contribution is 2.21. The van der Waals surface area contributed by atoms with Gasteiger partial charge in [-0.15, -0.1) is 0 Å². The first-order valence-electron chi connectivity index (χ1n) is 8.85. The lowest BCUT2D eigenvalue weighted by Gasteiger charge is -2.37. The van der Waals surface area contributed by atoms with Gasteiger partial charge in [-0.3, -0.25) is 4.79 Å². The summed E-state index contributed by atoms with van der Waals surface area (Å²) in [6.45, 7) is 10.6. The topological polar surface area (TPSA) is 72.9 Å². The number of hydrogen-bond acceptors (Lipinski definition) is 3. The van der Waals surface area contributed by atoms with Crippen LogP contribution in [0.3, 0.4) is 0 Å². The van der Waals surface area contributed by atoms with Crippen LogP contribution in [0.2, 0.25) is 0 Å². The molecular weight excluding hydrogens is 294 g/mol. The molecule has 2 amide bonds. The molecule has 0 spiro atoms. The number of carboxylic acid groups (broad SMARTS) is 1. The van der Waals surface area contributed by atoms with Gasteiger partial charge in [0.25, 0.3) is 0 Å². The molecule has 2 aliphatic heterocycles. The van der Waals surface area contributed by atoms with Crippen molar-refractivity contribution in [1.82, 2.24) is 15.1 Å². The van der Waals surface area contributed by atoms with Gasteiger partial charge >= 0.3 is 12.0 Å². The number of carboxylic acids is 1. The number of piperidine rings is 2. The molecule has 132 valence electrons. The summed E-state index contributed by atoms with van der Waals surface area (Å²) < 4.78 is 0. The minimum Gasteiger partial charge on any atom is -0.481 e. The summed E-state index contributed by atoms with van der Waals surface area (Å²) >= 11 is 0. The van der Waals surface area contributed by atoms with Gasteiger partial charge in [-0.1, -0.05) is 13.8 Å². The summed E-state index contributed by atoms with van der Waals surface area (Å²) in [5.74, 6) is 0.195. The Hall–Kier alpha value is -1.30. The Labute approximate surface area is 139 Å². The van der Waals surface area contributed by atoms with Gasteiger partial charge in [-0.2, -0.15) is 0 Å². The van der Waals surface area contributed by atoms with Crippen molar-refractivity contribution >= 4 is 12.0 Å². The number of hydrogen-bond donors (Lipinski definition) is 2. The summed E-state index contributed by atoms with van der Waals surface area (Å²) in [6.07, 6.45) is 2.71. The molecule has 2 N–H and O–H groups in total. The maximum atomic E-state index is 12.4. The van der Waals surface area contributed by atoms with Crippen molar-refractivity contribution in [2.24, 2.45) is 17.8 Å². The van der Waals surface area contributed by atoms with Crippen molar-refractivity contribution in [2.75, 3.05) is 32.7 Å². The number of amides is 2. The van der Waals surface area contributed by atoms with E-state index in [2.05, 4.69) is 24.1 Å². The smallest absolute Gasteiger partial charge is 0.317 e. The van der Waals surface area contributed by atoms with Crippen LogP contribution < -0.4 is 5.32 Å². The Morgan fingerprint density at radius 3 is 2.48 bits per heavy atom. The maximum absolute atomic E-state index is 12.4. The fourth-order valence-corrected chi connectivity index (χ4v) is 4.04. The number of nitrogens with zero attached hydrogens (tertiary/aromatic N) is 2. The molecule has 23 heavy (non-hydrogen) atoms. The SMILES string of the molecule is CC1CC(C)CN(CC(C)NC(=O)N2CCCC(C(=O)O)C2)C1. The van der Waals surface area contributed by atoms with E-state index in [1.165, 1.54) is 6.42 Å². The van der Waals surface area contributed by atoms with Crippen molar-refractivity contribution in [3.8, 4) is 0 Å². The third-order valence-electron chi connectivity index (χ3n) is 4.90. The van der Waals surface area contributed by atoms with Crippen LogP contribution in [0.15, 0.2) is 0 Å². The highest BCUT2D eigenvalue weighted by Gasteiger charge is 2.29. The van der Waals surface area contributed by atoms with Crippen LogP contribution in [0.4, 0.5) is 4.79 Å². The van der Waals surface area contributed by atoms with Gasteiger partial charge in [0, 0.05) is 38.8 Å². The number of urea groups is 1. The third kappa shape index (κ3) is 5.37. The number of rotatable bonds is 4. The van der Waals surface area contributed by atoms with Crippen LogP contribution in [0.1, 0.15) is 40.0 Å². The standard InChI is InChI=1S/C17H31N3O3/c1-12-7-13(2)9-19(8-12)10-14(3)18-17(23)20-6-4-5-15(11-20)16(21)22/h12-15H,4-11H2,1-3H3,(H,18,23)(H,21,22). The second-order valence-corrected chi connectivity index (χ2v) is 7.64. The molecule has 0 bridgehead atoms. The van der Waals surface area contributed by atoms with Gasteiger partial charge in [-0.25, -0.2) is 4.79 Å². The quantitative estimate of drug-likeness (QED) is 0.827. The molecule has 2 heterocycles. The predicted octanol–water partition coefficient (Wildman–Crippen LogP) is 1.86. The van der Waals surface area contributed by atoms with Crippen molar-refractivity contribution in [2.45, 2.75) is 46.1 Å². The fourth-order valence-electron chi connectivity index (χ4n) is 4.04. The predicted molar refractivity (Wildman–Crippen MR) is 89.3 cm³/mol. The van der Waals surface area contributed by atoms with E-state index < -0.39 is 11.9 Å². The number of aliphatic carboxylic acids is 1. The van der Waals surface area contributed by atoms with E-state index in [1.807, 2.05) is 6.92 Å². The second kappa shape index (κ2) is 7.99. The Kier molecular flexibility index (Phi) is 6.27. The van der Waals surface area contributed by atoms with Crippen molar-refractivity contribution in [1.29, 1.82) is 0 Å². The normalized spacial score (nSPS) is 30.7. The van der Waals surface area contributed by atoms with Crippen LogP contribution in [0.5, 0.6) is 0 Å². The Morgan fingerprint density at radius 1 is 1.22 bits per heavy atom. The molecule has 0 aliphatic carbocycles. The van der Waals surface area contributed by atoms with Gasteiger partial charge < -0.3 is 20.2 Å². The average molecular weight is 325 g/mol. The molecule has 4 unspecified atom stereocenters. The first kappa shape index (κ1) is 18.0. The number of likely N-dealkylation sites (tertiary alicyclic amines) is 2. The summed E-state index contributed by atoms with van der Waals surface area (Å²) in [5.41, 5.74) is 0. The second-order valence-electron chi connectivity index (χ2n) is 7.64. The van der Waals surface area contributed by atoms with Gasteiger partial charge in [0.2, 0.25) is 0 Å². The van der Waals surface area contributed by atoms with E-state index in [1.54, 1.807) is 4.90 Å². The van der Waals surface area contributed by atoms with Crippen molar-refractivity contribution < 1.29 is 14.7 Å². The largest absolute Gasteiger partial charge is 0.481 e. The molecule has 2 rings (SSSR count). The fraction of sp³-hybridized carbons (Fsp3) is 0.882. The van der Waals surface area contributed by atoms with E-state index in [0.717, 1.165) is 26.1 Å². The van der Waals surface area contributed by atoms with E-state index in [9.17, 15) is 9.59 Å². The van der Waals surface area contributed by atoms with Crippen LogP contribution in [-0.4, -0.2) is 65.7 Å². The number of carbonyl (C=O) groups excluding carboxylic acids is 1. The monoisotopic (exact) mass is 325 g/mol. The molecule has 2 saturated heterocycles. The van der Waals surface area contributed by atoms with Crippen molar-refractivity contribution in [3.63, 3.8) is 0 Å². The maximum Gasteiger partial charge on any atom is 0.317 e. The molecule has 2 fully saturated rings. The Morgan fingerprint density at radius 2 is 1.87 bits per heavy atom. The van der Waals surface area contributed by atoms with Crippen LogP contribution in [-0.2, 0) is 4.79 Å². The molecule has 0 radical (unpaired) electrons. The molecule has 6 nitrogen and oxygen atoms in total. The molecule has 0 aromatic heterocycles. The molecule has 6 heteroatoms. The molecule has 2 aliphatic rings. The van der Waals surface area contributed by atoms with E-state index >= 15 is 0 Å². The van der Waals surface area contributed by atoms with Gasteiger partial charge in [0.05, 0.1) is 5.92 Å². The third-order valence-corrected chi connectivity index (χ3v) is 4.90. The highest BCUT2D eigenvalue weighted by atomic mass is 16.4. The Bertz CT molecular complexity index is 419. The summed E-state index contributed by atoms with van der Waals surface area (Å²) in [5, 5.41) is 12.2. The summed E-state index contributed by atoms with van der Waals surface area (Å²) in [6, 6.07) is -0.0493. The molecule has 4 atom stereocenters. The first-order valence-corrected chi connectivity index (χ1v) is 8.85. The molecule has 0 aromatic carbocycles. The van der Waals surface area contributed by atoms with E-state index in [4.69, 9.17) is 5.11 Å². The highest BCUT2D eigenvalue weighted by molar-refractivity contribution is 5.76. The van der Waals surface area contributed by atoms with Crippen LogP contribution >= 0.6 is 0 Å². The Balaban J connectivity index is 1.79. The zero-order valence-electron chi connectivity index (χ0n) is 14.6. The minimum atomic E-state index is -0.799. The lowest BCUT2D eigenvalue weighted by atomic mass is 9.92. The molecule has 0 saturated carbocycles. The molecular formula is C17H31N3O3. The van der Waals surface area contributed by atoms with E-state index in [0.29, 0.717) is 31.3 Å². The average Bonchev–Trinajstić information content (AvgIpc) is 2.46. The van der Waals surface area contributed by atoms with Crippen LogP contribution in [0.25, 0.3) is 0 Å². The minimum absolute atomic E-state index is 0.0743.